The van der Waals surface area contributed by atoms with Crippen LogP contribution < -0.4 is 13.8 Å². The average Bonchev–Trinajstić information content (AvgIpc) is 3.24. The number of hydrogen-bond acceptors (Lipinski definition) is 7. The molecule has 1 aromatic heterocycles. The molecule has 0 aliphatic heterocycles. The number of halogens is 2. The predicted molar refractivity (Wildman–Crippen MR) is 136 cm³/mol. The standard InChI is InChI=1S/C25H23Cl2N3O3S/c1-16-28-25(33-29-16)15-30(34-20-9-11-23(31-2)24(14-20)32-3)22-10-8-19(26)13-18(22)12-17-6-4-5-7-21(17)27/h4-11,13-14H,12,15H2,1-3H3. The van der Waals surface area contributed by atoms with E-state index in [2.05, 4.69) is 14.4 Å². The van der Waals surface area contributed by atoms with Gasteiger partial charge >= 0.3 is 0 Å². The van der Waals surface area contributed by atoms with E-state index in [1.54, 1.807) is 21.1 Å². The predicted octanol–water partition coefficient (Wildman–Crippen LogP) is 7.01. The molecule has 4 aromatic rings. The number of methoxy groups -OCH3 is 2. The van der Waals surface area contributed by atoms with Gasteiger partial charge in [0.15, 0.2) is 17.3 Å². The Morgan fingerprint density at radius 3 is 2.44 bits per heavy atom. The van der Waals surface area contributed by atoms with Crippen LogP contribution in [0.4, 0.5) is 5.69 Å². The van der Waals surface area contributed by atoms with Crippen molar-refractivity contribution < 1.29 is 14.0 Å². The summed E-state index contributed by atoms with van der Waals surface area (Å²) < 4.78 is 18.4. The number of rotatable bonds is 9. The number of benzene rings is 3. The second kappa shape index (κ2) is 11.0. The third kappa shape index (κ3) is 5.78. The maximum atomic E-state index is 6.46. The van der Waals surface area contributed by atoms with Crippen molar-refractivity contribution in [3.63, 3.8) is 0 Å². The van der Waals surface area contributed by atoms with Crippen LogP contribution in [-0.4, -0.2) is 24.4 Å². The van der Waals surface area contributed by atoms with Gasteiger partial charge in [0, 0.05) is 21.4 Å². The molecule has 0 unspecified atom stereocenters. The second-order valence-electron chi connectivity index (χ2n) is 7.42. The van der Waals surface area contributed by atoms with Gasteiger partial charge < -0.3 is 18.3 Å². The maximum absolute atomic E-state index is 6.46. The smallest absolute Gasteiger partial charge is 0.247 e. The van der Waals surface area contributed by atoms with E-state index in [9.17, 15) is 0 Å². The summed E-state index contributed by atoms with van der Waals surface area (Å²) in [6.07, 6.45) is 0.613. The zero-order chi connectivity index (χ0) is 24.1. The number of nitrogens with zero attached hydrogens (tertiary/aromatic N) is 3. The second-order valence-corrected chi connectivity index (χ2v) is 9.36. The summed E-state index contributed by atoms with van der Waals surface area (Å²) in [5, 5.41) is 5.30. The minimum absolute atomic E-state index is 0.386. The summed E-state index contributed by atoms with van der Waals surface area (Å²) in [6, 6.07) is 19.4. The first kappa shape index (κ1) is 24.3. The molecule has 0 fully saturated rings. The molecule has 0 saturated heterocycles. The lowest BCUT2D eigenvalue weighted by Crippen LogP contribution is -2.16. The number of hydrogen-bond donors (Lipinski definition) is 0. The summed E-state index contributed by atoms with van der Waals surface area (Å²) in [6.45, 7) is 2.18. The van der Waals surface area contributed by atoms with Gasteiger partial charge in [0.05, 0.1) is 19.9 Å². The molecule has 9 heteroatoms. The average molecular weight is 516 g/mol. The first-order chi connectivity index (χ1) is 16.5. The Labute approximate surface area is 212 Å². The monoisotopic (exact) mass is 515 g/mol. The molecule has 0 aliphatic rings. The van der Waals surface area contributed by atoms with Crippen LogP contribution in [0.15, 0.2) is 70.1 Å². The minimum Gasteiger partial charge on any atom is -0.493 e. The molecule has 0 amide bonds. The van der Waals surface area contributed by atoms with Crippen LogP contribution in [-0.2, 0) is 13.0 Å². The zero-order valence-corrected chi connectivity index (χ0v) is 21.2. The van der Waals surface area contributed by atoms with Crippen molar-refractivity contribution >= 4 is 40.8 Å². The van der Waals surface area contributed by atoms with E-state index in [0.717, 1.165) is 21.7 Å². The van der Waals surface area contributed by atoms with E-state index >= 15 is 0 Å². The molecule has 34 heavy (non-hydrogen) atoms. The molecule has 0 bridgehead atoms. The Morgan fingerprint density at radius 1 is 0.941 bits per heavy atom. The van der Waals surface area contributed by atoms with Crippen molar-refractivity contribution in [2.75, 3.05) is 18.5 Å². The van der Waals surface area contributed by atoms with Gasteiger partial charge in [-0.05, 0) is 72.5 Å². The van der Waals surface area contributed by atoms with E-state index in [1.807, 2.05) is 60.7 Å². The molecule has 4 rings (SSSR count). The molecule has 1 heterocycles. The van der Waals surface area contributed by atoms with Crippen molar-refractivity contribution in [2.45, 2.75) is 24.8 Å². The van der Waals surface area contributed by atoms with Gasteiger partial charge in [0.1, 0.15) is 6.54 Å². The minimum atomic E-state index is 0.386. The van der Waals surface area contributed by atoms with Crippen LogP contribution in [0.25, 0.3) is 0 Å². The van der Waals surface area contributed by atoms with E-state index in [4.69, 9.17) is 37.2 Å². The van der Waals surface area contributed by atoms with E-state index in [-0.39, 0.29) is 0 Å². The third-order valence-corrected chi connectivity index (χ3v) is 6.68. The molecule has 0 saturated carbocycles. The number of aromatic nitrogens is 2. The maximum Gasteiger partial charge on any atom is 0.247 e. The molecule has 176 valence electrons. The van der Waals surface area contributed by atoms with Crippen LogP contribution in [0.3, 0.4) is 0 Å². The zero-order valence-electron chi connectivity index (χ0n) is 18.9. The van der Waals surface area contributed by atoms with Gasteiger partial charge in [-0.1, -0.05) is 46.6 Å². The molecule has 0 radical (unpaired) electrons. The highest BCUT2D eigenvalue weighted by atomic mass is 35.5. The topological polar surface area (TPSA) is 60.6 Å². The summed E-state index contributed by atoms with van der Waals surface area (Å²) in [7, 11) is 3.23. The lowest BCUT2D eigenvalue weighted by atomic mass is 10.0. The molecule has 0 atom stereocenters. The Balaban J connectivity index is 1.74. The SMILES string of the molecule is COc1ccc(SN(Cc2nc(C)no2)c2ccc(Cl)cc2Cc2ccccc2Cl)cc1OC. The number of ether oxygens (including phenoxy) is 2. The third-order valence-electron chi connectivity index (χ3n) is 5.07. The summed E-state index contributed by atoms with van der Waals surface area (Å²) >= 11 is 14.4. The van der Waals surface area contributed by atoms with Gasteiger partial charge in [-0.2, -0.15) is 4.98 Å². The molecule has 0 spiro atoms. The summed E-state index contributed by atoms with van der Waals surface area (Å²) in [5.41, 5.74) is 2.99. The van der Waals surface area contributed by atoms with Gasteiger partial charge in [0.2, 0.25) is 5.89 Å². The number of anilines is 1. The first-order valence-electron chi connectivity index (χ1n) is 10.5. The van der Waals surface area contributed by atoms with Gasteiger partial charge in [-0.3, -0.25) is 0 Å². The first-order valence-corrected chi connectivity index (χ1v) is 12.0. The fourth-order valence-electron chi connectivity index (χ4n) is 3.48. The molecular formula is C25H23Cl2N3O3S. The van der Waals surface area contributed by atoms with Gasteiger partial charge in [-0.15, -0.1) is 0 Å². The molecule has 0 aliphatic carbocycles. The van der Waals surface area contributed by atoms with E-state index in [0.29, 0.717) is 46.2 Å². The lowest BCUT2D eigenvalue weighted by molar-refractivity contribution is 0.354. The van der Waals surface area contributed by atoms with Gasteiger partial charge in [-0.25, -0.2) is 0 Å². The van der Waals surface area contributed by atoms with Crippen LogP contribution in [0, 0.1) is 6.92 Å². The van der Waals surface area contributed by atoms with E-state index in [1.165, 1.54) is 11.9 Å². The van der Waals surface area contributed by atoms with Crippen molar-refractivity contribution in [2.24, 2.45) is 0 Å². The van der Waals surface area contributed by atoms with E-state index < -0.39 is 0 Å². The molecule has 3 aromatic carbocycles. The van der Waals surface area contributed by atoms with Crippen LogP contribution >= 0.6 is 35.1 Å². The lowest BCUT2D eigenvalue weighted by Gasteiger charge is -2.25. The van der Waals surface area contributed by atoms with Crippen LogP contribution in [0.5, 0.6) is 11.5 Å². The van der Waals surface area contributed by atoms with Crippen LogP contribution in [0.1, 0.15) is 22.8 Å². The molecule has 0 N–H and O–H groups in total. The van der Waals surface area contributed by atoms with Crippen molar-refractivity contribution in [3.8, 4) is 11.5 Å². The normalized spacial score (nSPS) is 10.9. The summed E-state index contributed by atoms with van der Waals surface area (Å²) in [5.74, 6) is 2.40. The fraction of sp³-hybridized carbons (Fsp3) is 0.200. The largest absolute Gasteiger partial charge is 0.493 e. The molecule has 6 nitrogen and oxygen atoms in total. The van der Waals surface area contributed by atoms with Crippen molar-refractivity contribution in [1.29, 1.82) is 0 Å². The molecular weight excluding hydrogens is 493 g/mol. The quantitative estimate of drug-likeness (QED) is 0.222. The highest BCUT2D eigenvalue weighted by Gasteiger charge is 2.19. The van der Waals surface area contributed by atoms with Crippen LogP contribution in [0.2, 0.25) is 10.0 Å². The Hall–Kier alpha value is -2.87. The Morgan fingerprint density at radius 2 is 1.74 bits per heavy atom. The summed E-state index contributed by atoms with van der Waals surface area (Å²) in [4.78, 5) is 5.35. The van der Waals surface area contributed by atoms with Crippen molar-refractivity contribution in [1.82, 2.24) is 10.1 Å². The number of aryl methyl sites for hydroxylation is 1. The Kier molecular flexibility index (Phi) is 7.88. The highest BCUT2D eigenvalue weighted by Crippen LogP contribution is 2.39. The van der Waals surface area contributed by atoms with Crippen molar-refractivity contribution in [3.05, 3.63) is 93.6 Å². The Bertz CT molecular complexity index is 1280. The fourth-order valence-corrected chi connectivity index (χ4v) is 4.87. The van der Waals surface area contributed by atoms with Gasteiger partial charge in [0.25, 0.3) is 0 Å². The highest BCUT2D eigenvalue weighted by molar-refractivity contribution is 8.00.